The van der Waals surface area contributed by atoms with Crippen LogP contribution in [0.3, 0.4) is 0 Å². The maximum absolute atomic E-state index is 13.3. The number of hydrogen-bond donors (Lipinski definition) is 2. The highest BCUT2D eigenvalue weighted by Gasteiger charge is 2.37. The Hall–Kier alpha value is -2.87. The number of rotatable bonds is 5. The van der Waals surface area contributed by atoms with E-state index in [0.29, 0.717) is 6.54 Å². The Bertz CT molecular complexity index is 1140. The number of nitrogens with one attached hydrogen (secondary N) is 2. The molecular weight excluding hydrogens is 472 g/mol. The molecule has 168 valence electrons. The van der Waals surface area contributed by atoms with E-state index in [9.17, 15) is 9.59 Å². The zero-order valence-corrected chi connectivity index (χ0v) is 20.0. The van der Waals surface area contributed by atoms with Gasteiger partial charge in [-0.05, 0) is 47.7 Å². The van der Waals surface area contributed by atoms with Crippen molar-refractivity contribution in [1.29, 1.82) is 0 Å². The zero-order valence-electron chi connectivity index (χ0n) is 18.4. The summed E-state index contributed by atoms with van der Waals surface area (Å²) in [5.74, 6) is 0.595. The summed E-state index contributed by atoms with van der Waals surface area (Å²) < 4.78 is 5.75. The van der Waals surface area contributed by atoms with Crippen molar-refractivity contribution in [3.63, 3.8) is 0 Å². The Kier molecular flexibility index (Phi) is 6.50. The van der Waals surface area contributed by atoms with Crippen molar-refractivity contribution in [2.75, 3.05) is 13.7 Å². The van der Waals surface area contributed by atoms with Crippen molar-refractivity contribution in [1.82, 2.24) is 20.2 Å². The van der Waals surface area contributed by atoms with Gasteiger partial charge in [-0.2, -0.15) is 0 Å². The van der Waals surface area contributed by atoms with Crippen LogP contribution in [0.4, 0.5) is 4.79 Å². The van der Waals surface area contributed by atoms with E-state index < -0.39 is 12.1 Å². The Morgan fingerprint density at radius 3 is 2.72 bits per heavy atom. The molecule has 0 saturated carbocycles. The molecule has 8 heteroatoms. The average Bonchev–Trinajstić information content (AvgIpc) is 3.45. The van der Waals surface area contributed by atoms with Crippen LogP contribution < -0.4 is 5.32 Å². The van der Waals surface area contributed by atoms with Crippen LogP contribution in [0.25, 0.3) is 22.0 Å². The molecule has 2 amide bonds. The van der Waals surface area contributed by atoms with Crippen molar-refractivity contribution in [3.8, 4) is 11.3 Å². The van der Waals surface area contributed by atoms with Crippen molar-refractivity contribution in [2.24, 2.45) is 5.92 Å². The first-order valence-corrected chi connectivity index (χ1v) is 11.6. The lowest BCUT2D eigenvalue weighted by atomic mass is 10.0. The molecule has 7 nitrogen and oxygen atoms in total. The third-order valence-electron chi connectivity index (χ3n) is 5.95. The first-order chi connectivity index (χ1) is 15.4. The fourth-order valence-electron chi connectivity index (χ4n) is 4.23. The third kappa shape index (κ3) is 4.50. The van der Waals surface area contributed by atoms with Gasteiger partial charge in [-0.1, -0.05) is 48.0 Å². The van der Waals surface area contributed by atoms with E-state index in [1.807, 2.05) is 31.0 Å². The number of likely N-dealkylation sites (tertiary alicyclic amines) is 1. The molecule has 2 aromatic carbocycles. The fourth-order valence-corrected chi connectivity index (χ4v) is 4.61. The number of halogens is 1. The molecule has 2 heterocycles. The van der Waals surface area contributed by atoms with Gasteiger partial charge in [0.25, 0.3) is 0 Å². The van der Waals surface area contributed by atoms with Gasteiger partial charge in [-0.15, -0.1) is 0 Å². The molecule has 4 rings (SSSR count). The highest BCUT2D eigenvalue weighted by atomic mass is 79.9. The fraction of sp³-hybridized carbons (Fsp3) is 0.375. The SMILES string of the molecule is COC(=O)N[C@H](C(=O)N1CCCC1c1ncc(-c2ccc3cc(Br)ccc3c2)[nH]1)C(C)C. The molecule has 1 fully saturated rings. The van der Waals surface area contributed by atoms with Gasteiger partial charge < -0.3 is 19.9 Å². The van der Waals surface area contributed by atoms with E-state index in [1.54, 1.807) is 0 Å². The van der Waals surface area contributed by atoms with Crippen LogP contribution in [0.2, 0.25) is 0 Å². The second-order valence-corrected chi connectivity index (χ2v) is 9.35. The second kappa shape index (κ2) is 9.32. The number of aromatic nitrogens is 2. The standard InChI is InChI=1S/C24H27BrN4O3/c1-14(2)21(28-24(31)32-3)23(30)29-10-4-5-20(29)22-26-13-19(27-22)17-7-6-16-12-18(25)9-8-15(16)11-17/h6-9,11-14,20-21H,4-5,10H2,1-3H3,(H,26,27)(H,28,31)/t20?,21-/m0/s1. The quantitative estimate of drug-likeness (QED) is 0.515. The summed E-state index contributed by atoms with van der Waals surface area (Å²) in [7, 11) is 1.30. The van der Waals surface area contributed by atoms with E-state index in [0.717, 1.165) is 45.2 Å². The number of carbonyl (C=O) groups excluding carboxylic acids is 2. The van der Waals surface area contributed by atoms with Crippen LogP contribution in [0.1, 0.15) is 38.6 Å². The largest absolute Gasteiger partial charge is 0.453 e. The van der Waals surface area contributed by atoms with Gasteiger partial charge in [-0.3, -0.25) is 4.79 Å². The van der Waals surface area contributed by atoms with E-state index in [1.165, 1.54) is 7.11 Å². The minimum absolute atomic E-state index is 0.0624. The summed E-state index contributed by atoms with van der Waals surface area (Å²) in [5.41, 5.74) is 1.96. The molecule has 1 aliphatic heterocycles. The highest BCUT2D eigenvalue weighted by molar-refractivity contribution is 9.10. The minimum Gasteiger partial charge on any atom is -0.453 e. The smallest absolute Gasteiger partial charge is 0.407 e. The predicted molar refractivity (Wildman–Crippen MR) is 127 cm³/mol. The van der Waals surface area contributed by atoms with Crippen LogP contribution in [-0.2, 0) is 9.53 Å². The van der Waals surface area contributed by atoms with Gasteiger partial charge in [0, 0.05) is 16.6 Å². The van der Waals surface area contributed by atoms with Crippen LogP contribution in [0.15, 0.2) is 47.1 Å². The number of ether oxygens (including phenoxy) is 1. The van der Waals surface area contributed by atoms with E-state index in [2.05, 4.69) is 61.5 Å². The Labute approximate surface area is 195 Å². The number of methoxy groups -OCH3 is 1. The lowest BCUT2D eigenvalue weighted by molar-refractivity contribution is -0.135. The van der Waals surface area contributed by atoms with Crippen LogP contribution in [0, 0.1) is 5.92 Å². The summed E-state index contributed by atoms with van der Waals surface area (Å²) in [6, 6.07) is 11.7. The Balaban J connectivity index is 1.57. The number of imidazole rings is 1. The molecule has 0 radical (unpaired) electrons. The first kappa shape index (κ1) is 22.3. The van der Waals surface area contributed by atoms with E-state index in [-0.39, 0.29) is 17.9 Å². The van der Waals surface area contributed by atoms with Crippen molar-refractivity contribution >= 4 is 38.7 Å². The summed E-state index contributed by atoms with van der Waals surface area (Å²) in [5, 5.41) is 4.99. The van der Waals surface area contributed by atoms with Gasteiger partial charge in [0.05, 0.1) is 25.0 Å². The molecule has 1 saturated heterocycles. The number of carbonyl (C=O) groups is 2. The predicted octanol–water partition coefficient (Wildman–Crippen LogP) is 5.04. The molecule has 2 N–H and O–H groups in total. The van der Waals surface area contributed by atoms with Gasteiger partial charge in [-0.25, -0.2) is 9.78 Å². The maximum Gasteiger partial charge on any atom is 0.407 e. The molecule has 32 heavy (non-hydrogen) atoms. The molecule has 0 spiro atoms. The molecule has 1 aliphatic rings. The van der Waals surface area contributed by atoms with Gasteiger partial charge in [0.2, 0.25) is 5.91 Å². The summed E-state index contributed by atoms with van der Waals surface area (Å²) in [4.78, 5) is 34.9. The van der Waals surface area contributed by atoms with Crippen molar-refractivity contribution in [3.05, 3.63) is 52.9 Å². The first-order valence-electron chi connectivity index (χ1n) is 10.8. The number of H-pyrrole nitrogens is 1. The Morgan fingerprint density at radius 2 is 1.97 bits per heavy atom. The second-order valence-electron chi connectivity index (χ2n) is 8.44. The maximum atomic E-state index is 13.3. The van der Waals surface area contributed by atoms with Crippen LogP contribution in [-0.4, -0.2) is 46.6 Å². The van der Waals surface area contributed by atoms with E-state index in [4.69, 9.17) is 4.74 Å². The third-order valence-corrected chi connectivity index (χ3v) is 6.44. The average molecular weight is 499 g/mol. The molecule has 0 aliphatic carbocycles. The number of hydrogen-bond acceptors (Lipinski definition) is 4. The molecule has 1 aromatic heterocycles. The number of nitrogens with zero attached hydrogens (tertiary/aromatic N) is 2. The lowest BCUT2D eigenvalue weighted by Gasteiger charge is -2.30. The van der Waals surface area contributed by atoms with Crippen LogP contribution >= 0.6 is 15.9 Å². The van der Waals surface area contributed by atoms with Crippen LogP contribution in [0.5, 0.6) is 0 Å². The van der Waals surface area contributed by atoms with Gasteiger partial charge in [0.1, 0.15) is 11.9 Å². The van der Waals surface area contributed by atoms with E-state index >= 15 is 0 Å². The number of fused-ring (bicyclic) bond motifs is 1. The molecule has 3 aromatic rings. The minimum atomic E-state index is -0.641. The zero-order chi connectivity index (χ0) is 22.8. The Morgan fingerprint density at radius 1 is 1.22 bits per heavy atom. The molecular formula is C24H27BrN4O3. The molecule has 1 unspecified atom stereocenters. The normalized spacial score (nSPS) is 17.0. The lowest BCUT2D eigenvalue weighted by Crippen LogP contribution is -2.51. The number of alkyl carbamates (subject to hydrolysis) is 1. The van der Waals surface area contributed by atoms with Gasteiger partial charge in [0.15, 0.2) is 0 Å². The number of amides is 2. The summed E-state index contributed by atoms with van der Waals surface area (Å²) in [6.07, 6.45) is 2.94. The monoisotopic (exact) mass is 498 g/mol. The molecule has 0 bridgehead atoms. The summed E-state index contributed by atoms with van der Waals surface area (Å²) >= 11 is 3.51. The number of aromatic amines is 1. The highest BCUT2D eigenvalue weighted by Crippen LogP contribution is 2.33. The topological polar surface area (TPSA) is 87.3 Å². The van der Waals surface area contributed by atoms with Crippen molar-refractivity contribution in [2.45, 2.75) is 38.8 Å². The summed E-state index contributed by atoms with van der Waals surface area (Å²) in [6.45, 7) is 4.45. The molecule has 2 atom stereocenters. The van der Waals surface area contributed by atoms with Crippen molar-refractivity contribution < 1.29 is 14.3 Å². The van der Waals surface area contributed by atoms with Gasteiger partial charge >= 0.3 is 6.09 Å². The number of benzene rings is 2.